The molecule has 2 fully saturated rings. The number of carbonyl (C=O) groups is 2. The highest BCUT2D eigenvalue weighted by molar-refractivity contribution is 5.98. The molecule has 1 aliphatic heterocycles. The summed E-state index contributed by atoms with van der Waals surface area (Å²) < 4.78 is 17.5. The predicted molar refractivity (Wildman–Crippen MR) is 243 cm³/mol. The van der Waals surface area contributed by atoms with E-state index in [0.717, 1.165) is 38.5 Å². The Labute approximate surface area is 355 Å². The average Bonchev–Trinajstić information content (AvgIpc) is 3.94. The zero-order chi connectivity index (χ0) is 40.8. The number of epoxide rings is 1. The van der Waals surface area contributed by atoms with Gasteiger partial charge in [0.05, 0.1) is 13.2 Å². The Bertz CT molecular complexity index is 848. The lowest BCUT2D eigenvalue weighted by Gasteiger charge is -2.22. The van der Waals surface area contributed by atoms with Crippen LogP contribution in [0.3, 0.4) is 0 Å². The van der Waals surface area contributed by atoms with Crippen molar-refractivity contribution in [3.8, 4) is 0 Å². The molecule has 0 aromatic carbocycles. The van der Waals surface area contributed by atoms with Gasteiger partial charge in [0.15, 0.2) is 0 Å². The van der Waals surface area contributed by atoms with Gasteiger partial charge in [0.2, 0.25) is 11.2 Å². The number of hydrogen-bond donors (Lipinski definition) is 0. The summed E-state index contributed by atoms with van der Waals surface area (Å²) in [7, 11) is 0. The van der Waals surface area contributed by atoms with Gasteiger partial charge in [0.1, 0.15) is 0 Å². The molecule has 2 unspecified atom stereocenters. The van der Waals surface area contributed by atoms with Crippen LogP contribution in [0, 0.1) is 0 Å². The van der Waals surface area contributed by atoms with Crippen LogP contribution in [-0.2, 0) is 23.8 Å². The minimum absolute atomic E-state index is 0.337. The fourth-order valence-electron chi connectivity index (χ4n) is 9.42. The predicted octanol–water partition coefficient (Wildman–Crippen LogP) is 16.8. The molecule has 5 nitrogen and oxygen atoms in total. The highest BCUT2D eigenvalue weighted by atomic mass is 16.7. The van der Waals surface area contributed by atoms with Gasteiger partial charge in [-0.05, 0) is 38.5 Å². The van der Waals surface area contributed by atoms with E-state index in [2.05, 4.69) is 13.8 Å². The van der Waals surface area contributed by atoms with Gasteiger partial charge < -0.3 is 14.2 Å². The third-order valence-corrected chi connectivity index (χ3v) is 13.4. The molecule has 2 atom stereocenters. The maximum atomic E-state index is 13.2. The Kier molecular flexibility index (Phi) is 33.5. The SMILES string of the molecule is CCCCCCCCCCCCCCCCCCCCCCOC(=O)C12CCCCC1(C(=O)OCCCCCCCCCCCCCCCCCCCCCC)O2. The average molecular weight is 803 g/mol. The zero-order valence-corrected chi connectivity index (χ0v) is 38.6. The van der Waals surface area contributed by atoms with Crippen LogP contribution < -0.4 is 0 Å². The van der Waals surface area contributed by atoms with E-state index in [0.29, 0.717) is 26.1 Å². The second kappa shape index (κ2) is 36.7. The van der Waals surface area contributed by atoms with E-state index in [-0.39, 0.29) is 11.9 Å². The summed E-state index contributed by atoms with van der Waals surface area (Å²) in [6.45, 7) is 5.43. The number of hydrogen-bond acceptors (Lipinski definition) is 5. The van der Waals surface area contributed by atoms with Crippen molar-refractivity contribution in [1.82, 2.24) is 0 Å². The quantitative estimate of drug-likeness (QED) is 0.0349. The van der Waals surface area contributed by atoms with Gasteiger partial charge in [-0.25, -0.2) is 9.59 Å². The lowest BCUT2D eigenvalue weighted by Crippen LogP contribution is -2.44. The van der Waals surface area contributed by atoms with Crippen molar-refractivity contribution >= 4 is 11.9 Å². The van der Waals surface area contributed by atoms with E-state index in [1.54, 1.807) is 0 Å². The molecule has 0 spiro atoms. The molecule has 1 heterocycles. The highest BCUT2D eigenvalue weighted by Crippen LogP contribution is 2.59. The highest BCUT2D eigenvalue weighted by Gasteiger charge is 2.81. The molecule has 2 rings (SSSR count). The maximum absolute atomic E-state index is 13.2. The summed E-state index contributed by atoms with van der Waals surface area (Å²) in [4.78, 5) is 26.4. The van der Waals surface area contributed by atoms with Gasteiger partial charge in [-0.1, -0.05) is 258 Å². The van der Waals surface area contributed by atoms with E-state index in [1.807, 2.05) is 0 Å². The maximum Gasteiger partial charge on any atom is 0.342 e. The van der Waals surface area contributed by atoms with Gasteiger partial charge in [-0.15, -0.1) is 0 Å². The molecule has 336 valence electrons. The van der Waals surface area contributed by atoms with Crippen molar-refractivity contribution in [3.05, 3.63) is 0 Å². The van der Waals surface area contributed by atoms with Crippen LogP contribution in [0.15, 0.2) is 0 Å². The lowest BCUT2D eigenvalue weighted by atomic mass is 9.79. The Morgan fingerprint density at radius 1 is 0.333 bits per heavy atom. The number of ether oxygens (including phenoxy) is 3. The van der Waals surface area contributed by atoms with Crippen molar-refractivity contribution in [3.63, 3.8) is 0 Å². The third kappa shape index (κ3) is 24.7. The Morgan fingerprint density at radius 3 is 0.737 bits per heavy atom. The number of esters is 2. The van der Waals surface area contributed by atoms with E-state index < -0.39 is 11.2 Å². The molecule has 5 heteroatoms. The molecule has 1 saturated heterocycles. The van der Waals surface area contributed by atoms with Crippen LogP contribution in [0.1, 0.15) is 296 Å². The first-order valence-electron chi connectivity index (χ1n) is 26.2. The Morgan fingerprint density at radius 2 is 0.526 bits per heavy atom. The molecule has 0 N–H and O–H groups in total. The van der Waals surface area contributed by atoms with E-state index in [9.17, 15) is 9.59 Å². The van der Waals surface area contributed by atoms with Gasteiger partial charge in [0.25, 0.3) is 0 Å². The molecule has 57 heavy (non-hydrogen) atoms. The number of fused-ring (bicyclic) bond motifs is 1. The fourth-order valence-corrected chi connectivity index (χ4v) is 9.42. The molecule has 1 saturated carbocycles. The van der Waals surface area contributed by atoms with Crippen molar-refractivity contribution in [2.45, 2.75) is 308 Å². The molecule has 0 aromatic rings. The van der Waals surface area contributed by atoms with E-state index in [1.165, 1.54) is 231 Å². The van der Waals surface area contributed by atoms with Crippen LogP contribution in [0.25, 0.3) is 0 Å². The first-order chi connectivity index (χ1) is 28.1. The molecule has 0 radical (unpaired) electrons. The number of carbonyl (C=O) groups excluding carboxylic acids is 2. The van der Waals surface area contributed by atoms with Crippen molar-refractivity contribution in [2.75, 3.05) is 13.2 Å². The Hall–Kier alpha value is -1.10. The van der Waals surface area contributed by atoms with Gasteiger partial charge in [0, 0.05) is 0 Å². The topological polar surface area (TPSA) is 65.1 Å². The van der Waals surface area contributed by atoms with Crippen LogP contribution in [0.4, 0.5) is 0 Å². The summed E-state index contributed by atoms with van der Waals surface area (Å²) >= 11 is 0. The molecule has 0 aromatic heterocycles. The summed E-state index contributed by atoms with van der Waals surface area (Å²) in [6, 6.07) is 0. The van der Waals surface area contributed by atoms with Crippen LogP contribution in [0.5, 0.6) is 0 Å². The zero-order valence-electron chi connectivity index (χ0n) is 38.6. The van der Waals surface area contributed by atoms with E-state index in [4.69, 9.17) is 14.2 Å². The molecular formula is C52H98O5. The van der Waals surface area contributed by atoms with Gasteiger partial charge >= 0.3 is 11.9 Å². The molecule has 0 bridgehead atoms. The van der Waals surface area contributed by atoms with Gasteiger partial charge in [-0.2, -0.15) is 0 Å². The summed E-state index contributed by atoms with van der Waals surface area (Å²) in [5, 5.41) is 0. The lowest BCUT2D eigenvalue weighted by molar-refractivity contribution is -0.155. The first kappa shape index (κ1) is 52.0. The normalized spacial score (nSPS) is 18.8. The number of rotatable bonds is 44. The van der Waals surface area contributed by atoms with Crippen LogP contribution >= 0.6 is 0 Å². The van der Waals surface area contributed by atoms with Crippen molar-refractivity contribution in [2.24, 2.45) is 0 Å². The fraction of sp³-hybridized carbons (Fsp3) is 0.962. The van der Waals surface area contributed by atoms with Gasteiger partial charge in [-0.3, -0.25) is 0 Å². The van der Waals surface area contributed by atoms with Crippen molar-refractivity contribution < 1.29 is 23.8 Å². The number of unbranched alkanes of at least 4 members (excludes halogenated alkanes) is 38. The molecule has 0 amide bonds. The van der Waals surface area contributed by atoms with E-state index >= 15 is 0 Å². The largest absolute Gasteiger partial charge is 0.463 e. The molecule has 2 aliphatic rings. The second-order valence-corrected chi connectivity index (χ2v) is 18.7. The monoisotopic (exact) mass is 803 g/mol. The summed E-state index contributed by atoms with van der Waals surface area (Å²) in [5.74, 6) is -0.675. The summed E-state index contributed by atoms with van der Waals surface area (Å²) in [5.41, 5.74) is -2.19. The first-order valence-corrected chi connectivity index (χ1v) is 26.2. The van der Waals surface area contributed by atoms with Crippen LogP contribution in [0.2, 0.25) is 0 Å². The molecular weight excluding hydrogens is 705 g/mol. The second-order valence-electron chi connectivity index (χ2n) is 18.7. The van der Waals surface area contributed by atoms with Crippen LogP contribution in [-0.4, -0.2) is 36.4 Å². The molecule has 1 aliphatic carbocycles. The smallest absolute Gasteiger partial charge is 0.342 e. The minimum atomic E-state index is -1.09. The summed E-state index contributed by atoms with van der Waals surface area (Å²) in [6.07, 6.45) is 56.9. The Balaban J connectivity index is 1.35. The third-order valence-electron chi connectivity index (χ3n) is 13.4. The standard InChI is InChI=1S/C52H98O5/c1-3-5-7-9-11-13-15-17-19-21-23-25-27-29-31-33-35-37-39-43-47-55-49(53)51-45-41-42-46-52(51,57-51)50(54)56-48-44-40-38-36-34-32-30-28-26-24-22-20-18-16-14-12-10-8-6-4-2/h3-48H2,1-2H3. The van der Waals surface area contributed by atoms with Crippen molar-refractivity contribution in [1.29, 1.82) is 0 Å². The minimum Gasteiger partial charge on any atom is -0.463 e.